The monoisotopic (exact) mass is 456 g/mol. The van der Waals surface area contributed by atoms with Gasteiger partial charge in [-0.15, -0.1) is 5.10 Å². The zero-order valence-electron chi connectivity index (χ0n) is 20.2. The summed E-state index contributed by atoms with van der Waals surface area (Å²) in [5.41, 5.74) is 4.92. The molecule has 7 heteroatoms. The fraction of sp³-hybridized carbons (Fsp3) is 0.407. The van der Waals surface area contributed by atoms with Crippen molar-refractivity contribution in [3.8, 4) is 0 Å². The van der Waals surface area contributed by atoms with Crippen molar-refractivity contribution < 1.29 is 0 Å². The quantitative estimate of drug-likeness (QED) is 0.430. The van der Waals surface area contributed by atoms with E-state index >= 15 is 0 Å². The van der Waals surface area contributed by atoms with Gasteiger partial charge in [0.1, 0.15) is 6.04 Å². The Morgan fingerprint density at radius 3 is 2.62 bits per heavy atom. The lowest BCUT2D eigenvalue weighted by Gasteiger charge is -2.30. The van der Waals surface area contributed by atoms with Gasteiger partial charge in [0.05, 0.1) is 11.6 Å². The molecule has 0 bridgehead atoms. The maximum Gasteiger partial charge on any atom is 0.253 e. The van der Waals surface area contributed by atoms with Gasteiger partial charge in [-0.3, -0.25) is 9.69 Å². The summed E-state index contributed by atoms with van der Waals surface area (Å²) >= 11 is 0. The van der Waals surface area contributed by atoms with Crippen LogP contribution in [-0.2, 0) is 6.54 Å². The fourth-order valence-electron chi connectivity index (χ4n) is 5.40. The number of hydrogen-bond donors (Lipinski definition) is 1. The molecular formula is C27H32N6O. The Labute approximate surface area is 199 Å². The van der Waals surface area contributed by atoms with Crippen molar-refractivity contribution in [2.24, 2.45) is 0 Å². The Bertz CT molecular complexity index is 1340. The second-order valence-electron chi connectivity index (χ2n) is 9.47. The minimum absolute atomic E-state index is 0.0862. The summed E-state index contributed by atoms with van der Waals surface area (Å²) in [7, 11) is 0. The average molecular weight is 457 g/mol. The van der Waals surface area contributed by atoms with Crippen LogP contribution in [0.5, 0.6) is 0 Å². The van der Waals surface area contributed by atoms with Crippen molar-refractivity contribution in [1.29, 1.82) is 0 Å². The Kier molecular flexibility index (Phi) is 6.28. The minimum atomic E-state index is -0.352. The smallest absolute Gasteiger partial charge is 0.253 e. The predicted molar refractivity (Wildman–Crippen MR) is 134 cm³/mol. The number of nitrogens with zero attached hydrogens (tertiary/aromatic N) is 5. The van der Waals surface area contributed by atoms with Crippen LogP contribution in [0.4, 0.5) is 0 Å². The van der Waals surface area contributed by atoms with E-state index in [0.29, 0.717) is 12.1 Å². The van der Waals surface area contributed by atoms with Gasteiger partial charge in [0.2, 0.25) is 0 Å². The van der Waals surface area contributed by atoms with Crippen LogP contribution in [-0.4, -0.2) is 36.6 Å². The van der Waals surface area contributed by atoms with Crippen molar-refractivity contribution in [2.75, 3.05) is 6.54 Å². The minimum Gasteiger partial charge on any atom is -0.321 e. The third kappa shape index (κ3) is 4.28. The van der Waals surface area contributed by atoms with Crippen LogP contribution >= 0.6 is 0 Å². The second kappa shape index (κ2) is 9.50. The summed E-state index contributed by atoms with van der Waals surface area (Å²) < 4.78 is 1.98. The van der Waals surface area contributed by atoms with E-state index in [1.807, 2.05) is 23.7 Å². The molecule has 0 radical (unpaired) electrons. The van der Waals surface area contributed by atoms with Crippen molar-refractivity contribution in [1.82, 2.24) is 30.1 Å². The molecule has 0 saturated heterocycles. The Morgan fingerprint density at radius 1 is 1.12 bits per heavy atom. The zero-order valence-corrected chi connectivity index (χ0v) is 20.2. The van der Waals surface area contributed by atoms with Crippen LogP contribution < -0.4 is 5.56 Å². The van der Waals surface area contributed by atoms with Gasteiger partial charge in [-0.2, -0.15) is 0 Å². The number of rotatable bonds is 7. The first-order valence-electron chi connectivity index (χ1n) is 12.2. The van der Waals surface area contributed by atoms with E-state index in [4.69, 9.17) is 0 Å². The highest BCUT2D eigenvalue weighted by Crippen LogP contribution is 2.34. The fourth-order valence-corrected chi connectivity index (χ4v) is 5.40. The number of nitrogens with one attached hydrogen (secondary N) is 1. The van der Waals surface area contributed by atoms with Gasteiger partial charge in [0.25, 0.3) is 5.56 Å². The topological polar surface area (TPSA) is 79.7 Å². The van der Waals surface area contributed by atoms with Crippen molar-refractivity contribution in [3.05, 3.63) is 87.0 Å². The standard InChI is InChI=1S/C27H32N6O/c1-4-32(17-20-10-6-5-7-11-20)25(26-29-30-31-33(26)22-12-8-9-13-22)23-16-21-15-18(2)14-19(3)24(21)28-27(23)34/h5-7,10-11,14-16,22,25H,4,8-9,12-13,17H2,1-3H3,(H,28,34)/t25-/m1/s1. The Hall–Kier alpha value is -3.32. The predicted octanol–water partition coefficient (Wildman–Crippen LogP) is 4.86. The summed E-state index contributed by atoms with van der Waals surface area (Å²) in [5.74, 6) is 0.749. The van der Waals surface area contributed by atoms with E-state index in [2.05, 4.69) is 75.7 Å². The van der Waals surface area contributed by atoms with Crippen molar-refractivity contribution in [2.45, 2.75) is 65.1 Å². The van der Waals surface area contributed by atoms with E-state index in [0.717, 1.165) is 41.7 Å². The maximum atomic E-state index is 13.6. The van der Waals surface area contributed by atoms with Gasteiger partial charge in [0.15, 0.2) is 5.82 Å². The number of H-pyrrole nitrogens is 1. The van der Waals surface area contributed by atoms with Crippen LogP contribution in [0, 0.1) is 13.8 Å². The van der Waals surface area contributed by atoms with Gasteiger partial charge in [-0.25, -0.2) is 4.68 Å². The van der Waals surface area contributed by atoms with Crippen molar-refractivity contribution >= 4 is 10.9 Å². The molecule has 1 aliphatic carbocycles. The van der Waals surface area contributed by atoms with Crippen LogP contribution in [0.1, 0.15) is 72.8 Å². The molecule has 2 heterocycles. The number of fused-ring (bicyclic) bond motifs is 1. The number of aryl methyl sites for hydroxylation is 2. The summed E-state index contributed by atoms with van der Waals surface area (Å²) in [4.78, 5) is 19.0. The molecule has 1 fully saturated rings. The number of aromatic nitrogens is 5. The summed E-state index contributed by atoms with van der Waals surface area (Å²) in [6.07, 6.45) is 4.51. The third-order valence-corrected chi connectivity index (χ3v) is 7.05. The second-order valence-corrected chi connectivity index (χ2v) is 9.47. The van der Waals surface area contributed by atoms with Crippen LogP contribution in [0.25, 0.3) is 10.9 Å². The summed E-state index contributed by atoms with van der Waals surface area (Å²) in [5, 5.41) is 14.0. The number of hydrogen-bond acceptors (Lipinski definition) is 5. The molecule has 1 N–H and O–H groups in total. The molecular weight excluding hydrogens is 424 g/mol. The molecule has 1 saturated carbocycles. The molecule has 0 spiro atoms. The van der Waals surface area contributed by atoms with Crippen LogP contribution in [0.15, 0.2) is 53.3 Å². The summed E-state index contributed by atoms with van der Waals surface area (Å²) in [6, 6.07) is 16.6. The highest BCUT2D eigenvalue weighted by Gasteiger charge is 2.32. The van der Waals surface area contributed by atoms with Gasteiger partial charge in [-0.05, 0) is 72.3 Å². The number of benzene rings is 2. The largest absolute Gasteiger partial charge is 0.321 e. The zero-order chi connectivity index (χ0) is 23.7. The molecule has 34 heavy (non-hydrogen) atoms. The highest BCUT2D eigenvalue weighted by atomic mass is 16.1. The molecule has 1 atom stereocenters. The molecule has 176 valence electrons. The molecule has 0 aliphatic heterocycles. The van der Waals surface area contributed by atoms with Crippen LogP contribution in [0.2, 0.25) is 0 Å². The molecule has 2 aromatic heterocycles. The van der Waals surface area contributed by atoms with E-state index < -0.39 is 0 Å². The van der Waals surface area contributed by atoms with Gasteiger partial charge >= 0.3 is 0 Å². The Morgan fingerprint density at radius 2 is 1.88 bits per heavy atom. The SMILES string of the molecule is CCN(Cc1ccccc1)[C@H](c1cc2cc(C)cc(C)c2[nH]c1=O)c1nnnn1C1CCCC1. The first-order valence-corrected chi connectivity index (χ1v) is 12.2. The number of pyridine rings is 1. The van der Waals surface area contributed by atoms with E-state index in [9.17, 15) is 4.79 Å². The van der Waals surface area contributed by atoms with Gasteiger partial charge < -0.3 is 4.98 Å². The molecule has 4 aromatic rings. The maximum absolute atomic E-state index is 13.6. The molecule has 0 unspecified atom stereocenters. The highest BCUT2D eigenvalue weighted by molar-refractivity contribution is 5.83. The lowest BCUT2D eigenvalue weighted by Crippen LogP contribution is -2.35. The van der Waals surface area contributed by atoms with Crippen LogP contribution in [0.3, 0.4) is 0 Å². The van der Waals surface area contributed by atoms with E-state index in [1.54, 1.807) is 0 Å². The van der Waals surface area contributed by atoms with Gasteiger partial charge in [-0.1, -0.05) is 61.7 Å². The van der Waals surface area contributed by atoms with Crippen molar-refractivity contribution in [3.63, 3.8) is 0 Å². The number of aromatic amines is 1. The summed E-state index contributed by atoms with van der Waals surface area (Å²) in [6.45, 7) is 7.70. The first-order chi connectivity index (χ1) is 16.5. The molecule has 5 rings (SSSR count). The van der Waals surface area contributed by atoms with E-state index in [1.165, 1.54) is 24.0 Å². The molecule has 2 aromatic carbocycles. The lowest BCUT2D eigenvalue weighted by atomic mass is 10.00. The molecule has 0 amide bonds. The molecule has 7 nitrogen and oxygen atoms in total. The molecule has 1 aliphatic rings. The Balaban J connectivity index is 1.68. The lowest BCUT2D eigenvalue weighted by molar-refractivity contribution is 0.210. The number of tetrazole rings is 1. The average Bonchev–Trinajstić information content (AvgIpc) is 3.52. The van der Waals surface area contributed by atoms with Gasteiger partial charge in [0, 0.05) is 12.1 Å². The van der Waals surface area contributed by atoms with E-state index in [-0.39, 0.29) is 17.6 Å². The first kappa shape index (κ1) is 22.5. The normalized spacial score (nSPS) is 15.4. The third-order valence-electron chi connectivity index (χ3n) is 7.05.